The molecule has 0 aromatic carbocycles. The van der Waals surface area contributed by atoms with E-state index in [9.17, 15) is 9.59 Å². The van der Waals surface area contributed by atoms with E-state index < -0.39 is 23.5 Å². The number of carbonyl (C=O) groups excluding carboxylic acids is 1. The fraction of sp³-hybridized carbons (Fsp3) is 0.846. The molecule has 0 aromatic rings. The second kappa shape index (κ2) is 7.99. The molecular formula is C13H27N3O3. The van der Waals surface area contributed by atoms with Crippen LogP contribution in [-0.4, -0.2) is 54.2 Å². The van der Waals surface area contributed by atoms with Gasteiger partial charge in [0, 0.05) is 13.1 Å². The van der Waals surface area contributed by atoms with Gasteiger partial charge in [0.05, 0.1) is 0 Å². The van der Waals surface area contributed by atoms with Crippen molar-refractivity contribution in [2.24, 2.45) is 5.41 Å². The van der Waals surface area contributed by atoms with Gasteiger partial charge in [-0.3, -0.25) is 0 Å². The molecule has 0 aliphatic heterocycles. The third kappa shape index (κ3) is 7.00. The Morgan fingerprint density at radius 1 is 1.21 bits per heavy atom. The number of aliphatic carboxylic acids is 1. The quantitative estimate of drug-likeness (QED) is 0.649. The van der Waals surface area contributed by atoms with E-state index in [0.29, 0.717) is 6.54 Å². The van der Waals surface area contributed by atoms with Gasteiger partial charge in [-0.1, -0.05) is 34.6 Å². The van der Waals surface area contributed by atoms with E-state index in [2.05, 4.69) is 29.4 Å². The van der Waals surface area contributed by atoms with Gasteiger partial charge in [-0.25, -0.2) is 9.59 Å². The van der Waals surface area contributed by atoms with Crippen LogP contribution in [0, 0.1) is 5.41 Å². The zero-order valence-electron chi connectivity index (χ0n) is 12.6. The van der Waals surface area contributed by atoms with Crippen molar-refractivity contribution < 1.29 is 14.7 Å². The highest BCUT2D eigenvalue weighted by Gasteiger charge is 2.32. The number of urea groups is 1. The number of nitrogens with zero attached hydrogens (tertiary/aromatic N) is 1. The van der Waals surface area contributed by atoms with Gasteiger partial charge in [0.25, 0.3) is 0 Å². The van der Waals surface area contributed by atoms with Crippen molar-refractivity contribution in [2.45, 2.75) is 40.7 Å². The normalized spacial score (nSPS) is 13.2. The third-order valence-corrected chi connectivity index (χ3v) is 3.00. The van der Waals surface area contributed by atoms with E-state index in [1.54, 1.807) is 20.8 Å². The molecule has 2 amide bonds. The number of carbonyl (C=O) groups is 2. The van der Waals surface area contributed by atoms with Gasteiger partial charge in [-0.15, -0.1) is 0 Å². The molecule has 6 nitrogen and oxygen atoms in total. The summed E-state index contributed by atoms with van der Waals surface area (Å²) in [4.78, 5) is 24.9. The zero-order valence-corrected chi connectivity index (χ0v) is 12.6. The molecular weight excluding hydrogens is 246 g/mol. The molecule has 3 N–H and O–H groups in total. The van der Waals surface area contributed by atoms with Crippen molar-refractivity contribution in [3.05, 3.63) is 0 Å². The molecule has 0 aromatic heterocycles. The summed E-state index contributed by atoms with van der Waals surface area (Å²) in [5, 5.41) is 14.3. The van der Waals surface area contributed by atoms with Gasteiger partial charge in [0.2, 0.25) is 0 Å². The van der Waals surface area contributed by atoms with Crippen LogP contribution in [0.15, 0.2) is 0 Å². The monoisotopic (exact) mass is 273 g/mol. The van der Waals surface area contributed by atoms with Crippen molar-refractivity contribution in [1.29, 1.82) is 0 Å². The number of likely N-dealkylation sites (N-methyl/N-ethyl adjacent to an activating group) is 1. The maximum atomic E-state index is 11.7. The predicted octanol–water partition coefficient (Wildman–Crippen LogP) is 1.13. The van der Waals surface area contributed by atoms with Crippen LogP contribution in [0.3, 0.4) is 0 Å². The van der Waals surface area contributed by atoms with Gasteiger partial charge >= 0.3 is 12.0 Å². The molecule has 112 valence electrons. The number of hydrogen-bond acceptors (Lipinski definition) is 3. The summed E-state index contributed by atoms with van der Waals surface area (Å²) in [6.07, 6.45) is 0. The van der Waals surface area contributed by atoms with Crippen LogP contribution in [0.5, 0.6) is 0 Å². The molecule has 0 fully saturated rings. The summed E-state index contributed by atoms with van der Waals surface area (Å²) in [7, 11) is 0. The molecule has 6 heteroatoms. The average Bonchev–Trinajstić information content (AvgIpc) is 2.30. The Morgan fingerprint density at radius 2 is 1.74 bits per heavy atom. The fourth-order valence-corrected chi connectivity index (χ4v) is 1.70. The summed E-state index contributed by atoms with van der Waals surface area (Å²) in [6.45, 7) is 12.6. The van der Waals surface area contributed by atoms with Gasteiger partial charge in [0.15, 0.2) is 0 Å². The first-order valence-corrected chi connectivity index (χ1v) is 6.71. The molecule has 0 aliphatic rings. The molecule has 0 spiro atoms. The van der Waals surface area contributed by atoms with Gasteiger partial charge < -0.3 is 20.6 Å². The Hall–Kier alpha value is -1.30. The van der Waals surface area contributed by atoms with Gasteiger partial charge in [-0.2, -0.15) is 0 Å². The molecule has 1 unspecified atom stereocenters. The van der Waals surface area contributed by atoms with E-state index in [-0.39, 0.29) is 0 Å². The number of carboxylic acid groups (broad SMARTS) is 1. The van der Waals surface area contributed by atoms with E-state index in [0.717, 1.165) is 19.6 Å². The first-order chi connectivity index (χ1) is 8.72. The molecule has 0 aliphatic carbocycles. The van der Waals surface area contributed by atoms with Crippen LogP contribution in [0.1, 0.15) is 34.6 Å². The van der Waals surface area contributed by atoms with Crippen LogP contribution in [0.4, 0.5) is 4.79 Å². The molecule has 0 bridgehead atoms. The maximum Gasteiger partial charge on any atom is 0.326 e. The lowest BCUT2D eigenvalue weighted by Gasteiger charge is -2.28. The molecule has 0 rings (SSSR count). The lowest BCUT2D eigenvalue weighted by atomic mass is 9.87. The third-order valence-electron chi connectivity index (χ3n) is 3.00. The van der Waals surface area contributed by atoms with Gasteiger partial charge in [0.1, 0.15) is 6.04 Å². The molecule has 0 saturated heterocycles. The number of rotatable bonds is 7. The number of carboxylic acids is 1. The maximum absolute atomic E-state index is 11.7. The SMILES string of the molecule is CCN(CC)CCNC(=O)NC(C(=O)O)C(C)(C)C. The minimum atomic E-state index is -1.02. The summed E-state index contributed by atoms with van der Waals surface area (Å²) < 4.78 is 0. The van der Waals surface area contributed by atoms with Crippen molar-refractivity contribution in [2.75, 3.05) is 26.2 Å². The minimum absolute atomic E-state index is 0.436. The fourth-order valence-electron chi connectivity index (χ4n) is 1.70. The lowest BCUT2D eigenvalue weighted by molar-refractivity contribution is -0.141. The minimum Gasteiger partial charge on any atom is -0.480 e. The standard InChI is InChI=1S/C13H27N3O3/c1-6-16(7-2)9-8-14-12(19)15-10(11(17)18)13(3,4)5/h10H,6-9H2,1-5H3,(H,17,18)(H2,14,15,19). The first-order valence-electron chi connectivity index (χ1n) is 6.71. The lowest BCUT2D eigenvalue weighted by Crippen LogP contribution is -2.53. The summed E-state index contributed by atoms with van der Waals surface area (Å²) in [5.74, 6) is -1.02. The van der Waals surface area contributed by atoms with E-state index in [1.165, 1.54) is 0 Å². The second-order valence-corrected chi connectivity index (χ2v) is 5.56. The molecule has 1 atom stereocenters. The van der Waals surface area contributed by atoms with Crippen LogP contribution in [0.2, 0.25) is 0 Å². The Balaban J connectivity index is 4.19. The predicted molar refractivity (Wildman–Crippen MR) is 75.2 cm³/mol. The smallest absolute Gasteiger partial charge is 0.326 e. The number of hydrogen-bond donors (Lipinski definition) is 3. The molecule has 19 heavy (non-hydrogen) atoms. The highest BCUT2D eigenvalue weighted by atomic mass is 16.4. The highest BCUT2D eigenvalue weighted by molar-refractivity contribution is 5.83. The molecule has 0 radical (unpaired) electrons. The van der Waals surface area contributed by atoms with Crippen molar-refractivity contribution in [1.82, 2.24) is 15.5 Å². The summed E-state index contributed by atoms with van der Waals surface area (Å²) in [6, 6.07) is -1.34. The van der Waals surface area contributed by atoms with Crippen LogP contribution < -0.4 is 10.6 Å². The summed E-state index contributed by atoms with van der Waals surface area (Å²) >= 11 is 0. The second-order valence-electron chi connectivity index (χ2n) is 5.56. The topological polar surface area (TPSA) is 81.7 Å². The first kappa shape index (κ1) is 17.7. The van der Waals surface area contributed by atoms with Crippen LogP contribution in [0.25, 0.3) is 0 Å². The van der Waals surface area contributed by atoms with E-state index in [1.807, 2.05) is 0 Å². The Kier molecular flexibility index (Phi) is 7.44. The zero-order chi connectivity index (χ0) is 15.1. The van der Waals surface area contributed by atoms with Crippen molar-refractivity contribution in [3.8, 4) is 0 Å². The van der Waals surface area contributed by atoms with E-state index in [4.69, 9.17) is 5.11 Å². The van der Waals surface area contributed by atoms with Crippen molar-refractivity contribution in [3.63, 3.8) is 0 Å². The van der Waals surface area contributed by atoms with Crippen LogP contribution in [-0.2, 0) is 4.79 Å². The largest absolute Gasteiger partial charge is 0.480 e. The molecule has 0 heterocycles. The Morgan fingerprint density at radius 3 is 2.11 bits per heavy atom. The average molecular weight is 273 g/mol. The Labute approximate surface area is 115 Å². The number of amides is 2. The van der Waals surface area contributed by atoms with E-state index >= 15 is 0 Å². The van der Waals surface area contributed by atoms with Crippen molar-refractivity contribution >= 4 is 12.0 Å². The number of nitrogens with one attached hydrogen (secondary N) is 2. The molecule has 0 saturated carbocycles. The highest BCUT2D eigenvalue weighted by Crippen LogP contribution is 2.19. The Bertz CT molecular complexity index is 296. The summed E-state index contributed by atoms with van der Waals surface area (Å²) in [5.41, 5.74) is -0.526. The van der Waals surface area contributed by atoms with Gasteiger partial charge in [-0.05, 0) is 18.5 Å². The van der Waals surface area contributed by atoms with Crippen LogP contribution >= 0.6 is 0 Å².